The second-order valence-electron chi connectivity index (χ2n) is 7.67. The number of hydrogen-bond acceptors (Lipinski definition) is 5. The van der Waals surface area contributed by atoms with E-state index >= 15 is 0 Å². The zero-order chi connectivity index (χ0) is 22.2. The lowest BCUT2D eigenvalue weighted by atomic mass is 10.00. The average Bonchev–Trinajstić information content (AvgIpc) is 2.78. The molecule has 0 saturated carbocycles. The summed E-state index contributed by atoms with van der Waals surface area (Å²) < 4.78 is 13.5. The van der Waals surface area contributed by atoms with Crippen molar-refractivity contribution in [3.8, 4) is 5.75 Å². The number of hydrazine groups is 1. The number of piperazine rings is 1. The van der Waals surface area contributed by atoms with E-state index in [-0.39, 0.29) is 11.6 Å². The Morgan fingerprint density at radius 2 is 1.65 bits per heavy atom. The fourth-order valence-electron chi connectivity index (χ4n) is 3.57. The number of nitrogens with zero attached hydrogens (tertiary/aromatic N) is 4. The molecule has 1 saturated heterocycles. The van der Waals surface area contributed by atoms with Gasteiger partial charge in [0, 0.05) is 50.4 Å². The number of rotatable bonds is 7. The van der Waals surface area contributed by atoms with Gasteiger partial charge >= 0.3 is 0 Å². The van der Waals surface area contributed by atoms with Crippen LogP contribution in [0.15, 0.2) is 65.9 Å². The topological polar surface area (TPSA) is 42.3 Å². The van der Waals surface area contributed by atoms with Gasteiger partial charge in [-0.15, -0.1) is 0 Å². The Bertz CT molecular complexity index is 927. The monoisotopic (exact) mass is 422 g/mol. The van der Waals surface area contributed by atoms with Crippen LogP contribution >= 0.6 is 0 Å². The zero-order valence-corrected chi connectivity index (χ0v) is 18.5. The first kappa shape index (κ1) is 22.7. The first-order valence-electron chi connectivity index (χ1n) is 10.7. The summed E-state index contributed by atoms with van der Waals surface area (Å²) in [7, 11) is 2.13. The van der Waals surface area contributed by atoms with Crippen molar-refractivity contribution in [1.82, 2.24) is 14.9 Å². The normalized spacial score (nSPS) is 16.8. The van der Waals surface area contributed by atoms with Gasteiger partial charge in [-0.25, -0.2) is 9.40 Å². The number of halogens is 1. The number of aromatic hydroxyl groups is 1. The largest absolute Gasteiger partial charge is 0.508 e. The standard InChI is InChI=1S/C25H31FN4O/c1-4-13-27-14-15-30(29-18-16-28(3)17-19-29)25(22-7-11-24(31)12-8-22)20(2)21-5-9-23(26)10-6-21/h5-15,31H,4,16-19H2,1-3H3/b15-14-,25-20+,27-13?. The molecular formula is C25H31FN4O. The molecule has 0 aromatic heterocycles. The lowest BCUT2D eigenvalue weighted by Crippen LogP contribution is -2.50. The van der Waals surface area contributed by atoms with E-state index in [1.165, 1.54) is 12.1 Å². The van der Waals surface area contributed by atoms with E-state index in [2.05, 4.69) is 33.9 Å². The number of phenols is 1. The van der Waals surface area contributed by atoms with E-state index in [1.54, 1.807) is 30.5 Å². The summed E-state index contributed by atoms with van der Waals surface area (Å²) in [5.74, 6) is -0.0378. The molecule has 1 aliphatic heterocycles. The van der Waals surface area contributed by atoms with Crippen LogP contribution < -0.4 is 0 Å². The highest BCUT2D eigenvalue weighted by molar-refractivity contribution is 5.89. The number of benzene rings is 2. The predicted octanol–water partition coefficient (Wildman–Crippen LogP) is 4.84. The highest BCUT2D eigenvalue weighted by atomic mass is 19.1. The van der Waals surface area contributed by atoms with Crippen molar-refractivity contribution >= 4 is 17.5 Å². The first-order valence-corrected chi connectivity index (χ1v) is 10.7. The molecular weight excluding hydrogens is 391 g/mol. The summed E-state index contributed by atoms with van der Waals surface area (Å²) >= 11 is 0. The van der Waals surface area contributed by atoms with Gasteiger partial charge in [-0.05, 0) is 67.9 Å². The van der Waals surface area contributed by atoms with Crippen molar-refractivity contribution in [2.75, 3.05) is 33.2 Å². The predicted molar refractivity (Wildman–Crippen MR) is 126 cm³/mol. The highest BCUT2D eigenvalue weighted by Gasteiger charge is 2.24. The van der Waals surface area contributed by atoms with Gasteiger partial charge in [-0.2, -0.15) is 0 Å². The minimum Gasteiger partial charge on any atom is -0.508 e. The number of hydrogen-bond donors (Lipinski definition) is 1. The molecule has 1 fully saturated rings. The second-order valence-corrected chi connectivity index (χ2v) is 7.67. The van der Waals surface area contributed by atoms with Crippen LogP contribution in [0.25, 0.3) is 11.3 Å². The summed E-state index contributed by atoms with van der Waals surface area (Å²) in [4.78, 5) is 6.69. The molecule has 0 bridgehead atoms. The molecule has 0 amide bonds. The summed E-state index contributed by atoms with van der Waals surface area (Å²) in [6.45, 7) is 7.76. The van der Waals surface area contributed by atoms with Crippen LogP contribution in [0.2, 0.25) is 0 Å². The minimum absolute atomic E-state index is 0.219. The summed E-state index contributed by atoms with van der Waals surface area (Å²) in [6, 6.07) is 13.7. The van der Waals surface area contributed by atoms with Crippen molar-refractivity contribution in [2.45, 2.75) is 20.3 Å². The number of likely N-dealkylation sites (N-methyl/N-ethyl adjacent to an activating group) is 1. The molecule has 2 aromatic rings. The third-order valence-electron chi connectivity index (χ3n) is 5.37. The molecule has 2 aromatic carbocycles. The van der Waals surface area contributed by atoms with Gasteiger partial charge in [-0.3, -0.25) is 10.0 Å². The van der Waals surface area contributed by atoms with Gasteiger partial charge in [0.25, 0.3) is 0 Å². The van der Waals surface area contributed by atoms with Gasteiger partial charge in [-0.1, -0.05) is 19.1 Å². The molecule has 31 heavy (non-hydrogen) atoms. The van der Waals surface area contributed by atoms with Gasteiger partial charge in [0.15, 0.2) is 0 Å². The van der Waals surface area contributed by atoms with Gasteiger partial charge in [0.1, 0.15) is 11.6 Å². The molecule has 0 radical (unpaired) electrons. The smallest absolute Gasteiger partial charge is 0.123 e. The van der Waals surface area contributed by atoms with Crippen molar-refractivity contribution in [2.24, 2.45) is 4.99 Å². The third-order valence-corrected chi connectivity index (χ3v) is 5.37. The summed E-state index contributed by atoms with van der Waals surface area (Å²) in [6.07, 6.45) is 6.52. The molecule has 1 aliphatic rings. The Hall–Kier alpha value is -2.96. The van der Waals surface area contributed by atoms with E-state index in [9.17, 15) is 9.50 Å². The molecule has 0 aliphatic carbocycles. The maximum absolute atomic E-state index is 13.5. The SMILES string of the molecule is CCC=N/C=C\N(/C(=C(\C)c1ccc(F)cc1)c1ccc(O)cc1)N1CCN(C)CC1. The molecule has 3 rings (SSSR count). The molecule has 1 heterocycles. The zero-order valence-electron chi connectivity index (χ0n) is 18.5. The van der Waals surface area contributed by atoms with Gasteiger partial charge < -0.3 is 10.0 Å². The Labute approximate surface area is 184 Å². The average molecular weight is 423 g/mol. The summed E-state index contributed by atoms with van der Waals surface area (Å²) in [5.41, 5.74) is 3.88. The third kappa shape index (κ3) is 6.03. The van der Waals surface area contributed by atoms with Gasteiger partial charge in [0.2, 0.25) is 0 Å². The molecule has 1 N–H and O–H groups in total. The van der Waals surface area contributed by atoms with Crippen molar-refractivity contribution in [3.05, 3.63) is 77.9 Å². The lowest BCUT2D eigenvalue weighted by Gasteiger charge is -2.41. The molecule has 0 atom stereocenters. The first-order chi connectivity index (χ1) is 15.0. The number of aliphatic imine (C=N–C) groups is 1. The van der Waals surface area contributed by atoms with Crippen LogP contribution in [0.5, 0.6) is 5.75 Å². The maximum Gasteiger partial charge on any atom is 0.123 e. The summed E-state index contributed by atoms with van der Waals surface area (Å²) in [5, 5.41) is 14.3. The molecule has 164 valence electrons. The fourth-order valence-corrected chi connectivity index (χ4v) is 3.57. The molecule has 5 nitrogen and oxygen atoms in total. The van der Waals surface area contributed by atoms with E-state index < -0.39 is 0 Å². The maximum atomic E-state index is 13.5. The van der Waals surface area contributed by atoms with E-state index in [0.717, 1.165) is 55.0 Å². The van der Waals surface area contributed by atoms with Crippen LogP contribution in [-0.4, -0.2) is 59.5 Å². The quantitative estimate of drug-likeness (QED) is 0.512. The Kier molecular flexibility index (Phi) is 7.98. The Morgan fingerprint density at radius 1 is 1.03 bits per heavy atom. The van der Waals surface area contributed by atoms with Crippen LogP contribution in [-0.2, 0) is 0 Å². The van der Waals surface area contributed by atoms with E-state index in [0.29, 0.717) is 0 Å². The van der Waals surface area contributed by atoms with E-state index in [1.807, 2.05) is 31.5 Å². The highest BCUT2D eigenvalue weighted by Crippen LogP contribution is 2.32. The molecule has 0 spiro atoms. The Morgan fingerprint density at radius 3 is 2.26 bits per heavy atom. The van der Waals surface area contributed by atoms with Crippen molar-refractivity contribution in [3.63, 3.8) is 0 Å². The number of allylic oxidation sites excluding steroid dienone is 1. The van der Waals surface area contributed by atoms with Gasteiger partial charge in [0.05, 0.1) is 5.70 Å². The molecule has 0 unspecified atom stereocenters. The van der Waals surface area contributed by atoms with E-state index in [4.69, 9.17) is 0 Å². The van der Waals surface area contributed by atoms with Crippen molar-refractivity contribution < 1.29 is 9.50 Å². The Balaban J connectivity index is 2.12. The van der Waals surface area contributed by atoms with Crippen LogP contribution in [0, 0.1) is 5.82 Å². The fraction of sp³-hybridized carbons (Fsp3) is 0.320. The molecule has 6 heteroatoms. The second kappa shape index (κ2) is 10.9. The lowest BCUT2D eigenvalue weighted by molar-refractivity contribution is 0.0286. The van der Waals surface area contributed by atoms with Crippen LogP contribution in [0.3, 0.4) is 0 Å². The number of phenolic OH excluding ortho intramolecular Hbond substituents is 1. The minimum atomic E-state index is -0.257. The van der Waals surface area contributed by atoms with Crippen LogP contribution in [0.4, 0.5) is 4.39 Å². The van der Waals surface area contributed by atoms with Crippen molar-refractivity contribution in [1.29, 1.82) is 0 Å². The van der Waals surface area contributed by atoms with Crippen LogP contribution in [0.1, 0.15) is 31.4 Å².